The van der Waals surface area contributed by atoms with Crippen LogP contribution in [0.4, 0.5) is 5.69 Å². The Morgan fingerprint density at radius 1 is 1.26 bits per heavy atom. The number of fused-ring (bicyclic) bond motifs is 5. The van der Waals surface area contributed by atoms with Crippen molar-refractivity contribution < 1.29 is 9.90 Å². The standard InChI is InChI=1S/C15H16ClNO2/c16-10-6-9(15(18)19)3-4-11(10)17-14-12-7-1-2-8(5-7)13(12)14/h3-4,6-8,12-14,17H,1-2,5H2,(H,18,19). The Morgan fingerprint density at radius 3 is 2.53 bits per heavy atom. The highest BCUT2D eigenvalue weighted by Gasteiger charge is 2.65. The summed E-state index contributed by atoms with van der Waals surface area (Å²) in [7, 11) is 0. The highest BCUT2D eigenvalue weighted by atomic mass is 35.5. The van der Waals surface area contributed by atoms with E-state index >= 15 is 0 Å². The van der Waals surface area contributed by atoms with Crippen molar-refractivity contribution in [3.63, 3.8) is 0 Å². The van der Waals surface area contributed by atoms with Crippen molar-refractivity contribution in [2.75, 3.05) is 5.32 Å². The van der Waals surface area contributed by atoms with Crippen LogP contribution in [0.2, 0.25) is 5.02 Å². The maximum Gasteiger partial charge on any atom is 0.335 e. The maximum absolute atomic E-state index is 10.9. The minimum Gasteiger partial charge on any atom is -0.478 e. The molecule has 0 aromatic heterocycles. The normalized spacial score (nSPS) is 38.1. The largest absolute Gasteiger partial charge is 0.478 e. The molecule has 4 unspecified atom stereocenters. The van der Waals surface area contributed by atoms with Gasteiger partial charge in [-0.2, -0.15) is 0 Å². The second-order valence-corrected chi connectivity index (χ2v) is 6.57. The molecule has 3 aliphatic rings. The van der Waals surface area contributed by atoms with E-state index in [1.165, 1.54) is 25.3 Å². The van der Waals surface area contributed by atoms with Gasteiger partial charge in [-0.3, -0.25) is 0 Å². The smallest absolute Gasteiger partial charge is 0.335 e. The molecule has 100 valence electrons. The van der Waals surface area contributed by atoms with Crippen LogP contribution in [0.3, 0.4) is 0 Å². The third-order valence-corrected chi connectivity index (χ3v) is 5.59. The Morgan fingerprint density at radius 2 is 1.95 bits per heavy atom. The summed E-state index contributed by atoms with van der Waals surface area (Å²) in [4.78, 5) is 10.9. The second-order valence-electron chi connectivity index (χ2n) is 6.16. The highest BCUT2D eigenvalue weighted by molar-refractivity contribution is 6.33. The van der Waals surface area contributed by atoms with Crippen LogP contribution < -0.4 is 5.32 Å². The van der Waals surface area contributed by atoms with Gasteiger partial charge in [0.1, 0.15) is 0 Å². The molecule has 0 heterocycles. The van der Waals surface area contributed by atoms with Crippen LogP contribution in [-0.2, 0) is 0 Å². The van der Waals surface area contributed by atoms with Crippen LogP contribution in [-0.4, -0.2) is 17.1 Å². The van der Waals surface area contributed by atoms with E-state index in [4.69, 9.17) is 16.7 Å². The number of anilines is 1. The molecule has 1 aromatic carbocycles. The third kappa shape index (κ3) is 1.68. The molecule has 1 aromatic rings. The number of benzene rings is 1. The van der Waals surface area contributed by atoms with Gasteiger partial charge in [0.2, 0.25) is 0 Å². The highest BCUT2D eigenvalue weighted by Crippen LogP contribution is 2.66. The summed E-state index contributed by atoms with van der Waals surface area (Å²) in [5, 5.41) is 13.0. The van der Waals surface area contributed by atoms with Crippen LogP contribution in [0.25, 0.3) is 0 Å². The summed E-state index contributed by atoms with van der Waals surface area (Å²) in [5.41, 5.74) is 1.12. The minimum absolute atomic E-state index is 0.242. The number of rotatable bonds is 3. The second kappa shape index (κ2) is 3.89. The van der Waals surface area contributed by atoms with E-state index in [9.17, 15) is 4.79 Å². The fourth-order valence-electron chi connectivity index (χ4n) is 4.46. The monoisotopic (exact) mass is 277 g/mol. The molecule has 3 saturated carbocycles. The average molecular weight is 278 g/mol. The zero-order chi connectivity index (χ0) is 13.1. The van der Waals surface area contributed by atoms with Crippen molar-refractivity contribution in [3.8, 4) is 0 Å². The Balaban J connectivity index is 1.51. The lowest BCUT2D eigenvalue weighted by Gasteiger charge is -2.13. The van der Waals surface area contributed by atoms with Crippen LogP contribution in [0.1, 0.15) is 29.6 Å². The van der Waals surface area contributed by atoms with Crippen LogP contribution in [0.15, 0.2) is 18.2 Å². The van der Waals surface area contributed by atoms with Gasteiger partial charge in [-0.25, -0.2) is 4.79 Å². The number of halogens is 1. The van der Waals surface area contributed by atoms with Crippen molar-refractivity contribution in [3.05, 3.63) is 28.8 Å². The maximum atomic E-state index is 10.9. The summed E-state index contributed by atoms with van der Waals surface area (Å²) in [6.45, 7) is 0. The molecule has 3 nitrogen and oxygen atoms in total. The van der Waals surface area contributed by atoms with Crippen LogP contribution in [0, 0.1) is 23.7 Å². The number of aromatic carboxylic acids is 1. The van der Waals surface area contributed by atoms with Crippen molar-refractivity contribution >= 4 is 23.3 Å². The van der Waals surface area contributed by atoms with E-state index < -0.39 is 5.97 Å². The van der Waals surface area contributed by atoms with Gasteiger partial charge in [-0.15, -0.1) is 0 Å². The fraction of sp³-hybridized carbons (Fsp3) is 0.533. The number of carbonyl (C=O) groups is 1. The first-order valence-corrected chi connectivity index (χ1v) is 7.32. The van der Waals surface area contributed by atoms with E-state index in [0.717, 1.165) is 29.4 Å². The average Bonchev–Trinajstić information content (AvgIpc) is 2.79. The molecule has 4 atom stereocenters. The first-order valence-electron chi connectivity index (χ1n) is 6.94. The fourth-order valence-corrected chi connectivity index (χ4v) is 4.70. The zero-order valence-corrected chi connectivity index (χ0v) is 11.2. The predicted molar refractivity (Wildman–Crippen MR) is 73.6 cm³/mol. The van der Waals surface area contributed by atoms with E-state index in [-0.39, 0.29) is 5.56 Å². The minimum atomic E-state index is -0.935. The molecule has 0 saturated heterocycles. The Hall–Kier alpha value is -1.22. The number of nitrogens with one attached hydrogen (secondary N) is 1. The predicted octanol–water partition coefficient (Wildman–Crippen LogP) is 3.49. The molecular formula is C15H16ClNO2. The van der Waals surface area contributed by atoms with Gasteiger partial charge in [-0.1, -0.05) is 11.6 Å². The van der Waals surface area contributed by atoms with Gasteiger partial charge in [0.15, 0.2) is 0 Å². The third-order valence-electron chi connectivity index (χ3n) is 5.27. The van der Waals surface area contributed by atoms with E-state index in [1.807, 2.05) is 0 Å². The number of carboxylic acid groups (broad SMARTS) is 1. The molecule has 0 spiro atoms. The number of hydrogen-bond donors (Lipinski definition) is 2. The molecule has 0 amide bonds. The van der Waals surface area contributed by atoms with Gasteiger partial charge in [0, 0.05) is 6.04 Å². The van der Waals surface area contributed by atoms with Crippen molar-refractivity contribution in [2.24, 2.45) is 23.7 Å². The summed E-state index contributed by atoms with van der Waals surface area (Å²) in [6, 6.07) is 5.50. The Labute approximate surface area is 117 Å². The van der Waals surface area contributed by atoms with Crippen molar-refractivity contribution in [2.45, 2.75) is 25.3 Å². The van der Waals surface area contributed by atoms with E-state index in [2.05, 4.69) is 5.32 Å². The molecule has 3 fully saturated rings. The first kappa shape index (κ1) is 11.6. The van der Waals surface area contributed by atoms with Gasteiger partial charge < -0.3 is 10.4 Å². The summed E-state index contributed by atoms with van der Waals surface area (Å²) >= 11 is 6.16. The van der Waals surface area contributed by atoms with Gasteiger partial charge in [0.25, 0.3) is 0 Å². The number of carboxylic acids is 1. The SMILES string of the molecule is O=C(O)c1ccc(NC2C3C4CCC(C4)C23)c(Cl)c1. The quantitative estimate of drug-likeness (QED) is 0.889. The summed E-state index contributed by atoms with van der Waals surface area (Å²) in [6.07, 6.45) is 4.23. The summed E-state index contributed by atoms with van der Waals surface area (Å²) in [5.74, 6) is 2.59. The van der Waals surface area contributed by atoms with Crippen molar-refractivity contribution in [1.29, 1.82) is 0 Å². The molecule has 4 heteroatoms. The lowest BCUT2D eigenvalue weighted by molar-refractivity contribution is 0.0697. The van der Waals surface area contributed by atoms with Crippen molar-refractivity contribution in [1.82, 2.24) is 0 Å². The van der Waals surface area contributed by atoms with Crippen LogP contribution in [0.5, 0.6) is 0 Å². The molecule has 2 N–H and O–H groups in total. The summed E-state index contributed by atoms with van der Waals surface area (Å²) < 4.78 is 0. The topological polar surface area (TPSA) is 49.3 Å². The molecule has 0 radical (unpaired) electrons. The first-order chi connectivity index (χ1) is 9.15. The van der Waals surface area contributed by atoms with E-state index in [0.29, 0.717) is 11.1 Å². The molecule has 2 bridgehead atoms. The molecule has 19 heavy (non-hydrogen) atoms. The molecule has 4 rings (SSSR count). The van der Waals surface area contributed by atoms with E-state index in [1.54, 1.807) is 12.1 Å². The van der Waals surface area contributed by atoms with Gasteiger partial charge in [-0.05, 0) is 61.1 Å². The Kier molecular flexibility index (Phi) is 2.37. The molecular weight excluding hydrogens is 262 g/mol. The zero-order valence-electron chi connectivity index (χ0n) is 10.5. The van der Waals surface area contributed by atoms with Gasteiger partial charge in [0.05, 0.1) is 16.3 Å². The molecule has 0 aliphatic heterocycles. The molecule has 3 aliphatic carbocycles. The lowest BCUT2D eigenvalue weighted by Crippen LogP contribution is -2.13. The number of hydrogen-bond acceptors (Lipinski definition) is 2. The van der Waals surface area contributed by atoms with Crippen LogP contribution >= 0.6 is 11.6 Å². The Bertz CT molecular complexity index is 543. The lowest BCUT2D eigenvalue weighted by atomic mass is 10.0. The van der Waals surface area contributed by atoms with Gasteiger partial charge >= 0.3 is 5.97 Å².